The number of hydrogen-bond acceptors (Lipinski definition) is 0. The first-order valence-corrected chi connectivity index (χ1v) is 9.26. The summed E-state index contributed by atoms with van der Waals surface area (Å²) < 4.78 is 0. The second-order valence-corrected chi connectivity index (χ2v) is 7.18. The molecule has 0 bridgehead atoms. The Balaban J connectivity index is 2.07. The van der Waals surface area contributed by atoms with E-state index in [1.165, 1.54) is 77.0 Å². The topological polar surface area (TPSA) is 0 Å². The standard InChI is InChI=1S/C19H38/c1-4-7-8-9-10-11-12-15-19(14-6-3)16-18(17-19)13-5-2/h18H,4-17H2,1-3H3. The quantitative estimate of drug-likeness (QED) is 0.330. The van der Waals surface area contributed by atoms with E-state index in [1.54, 1.807) is 12.8 Å². The van der Waals surface area contributed by atoms with Gasteiger partial charge in [0.1, 0.15) is 0 Å². The van der Waals surface area contributed by atoms with Crippen LogP contribution in [0.1, 0.15) is 111 Å². The third-order valence-electron chi connectivity index (χ3n) is 5.23. The molecular formula is C19H38. The summed E-state index contributed by atoms with van der Waals surface area (Å²) in [5.74, 6) is 1.08. The van der Waals surface area contributed by atoms with Gasteiger partial charge in [-0.25, -0.2) is 0 Å². The molecule has 1 aliphatic rings. The minimum atomic E-state index is 0.790. The highest BCUT2D eigenvalue weighted by Crippen LogP contribution is 2.53. The van der Waals surface area contributed by atoms with E-state index < -0.39 is 0 Å². The maximum Gasteiger partial charge on any atom is -0.0292 e. The van der Waals surface area contributed by atoms with E-state index in [9.17, 15) is 0 Å². The third-order valence-corrected chi connectivity index (χ3v) is 5.23. The van der Waals surface area contributed by atoms with Gasteiger partial charge >= 0.3 is 0 Å². The maximum atomic E-state index is 2.37. The zero-order chi connectivity index (χ0) is 14.0. The van der Waals surface area contributed by atoms with Crippen LogP contribution in [0.25, 0.3) is 0 Å². The first-order valence-electron chi connectivity index (χ1n) is 9.26. The average Bonchev–Trinajstić information content (AvgIpc) is 2.36. The monoisotopic (exact) mass is 266 g/mol. The molecule has 0 radical (unpaired) electrons. The van der Waals surface area contributed by atoms with Crippen molar-refractivity contribution < 1.29 is 0 Å². The molecule has 19 heavy (non-hydrogen) atoms. The molecule has 114 valence electrons. The molecule has 0 amide bonds. The van der Waals surface area contributed by atoms with Crippen molar-refractivity contribution in [2.45, 2.75) is 111 Å². The van der Waals surface area contributed by atoms with Gasteiger partial charge in [-0.05, 0) is 37.0 Å². The van der Waals surface area contributed by atoms with Gasteiger partial charge in [0.2, 0.25) is 0 Å². The van der Waals surface area contributed by atoms with Crippen molar-refractivity contribution in [1.82, 2.24) is 0 Å². The summed E-state index contributed by atoms with van der Waals surface area (Å²) in [5.41, 5.74) is 0.790. The van der Waals surface area contributed by atoms with Crippen molar-refractivity contribution in [3.8, 4) is 0 Å². The Hall–Kier alpha value is 0. The van der Waals surface area contributed by atoms with E-state index in [-0.39, 0.29) is 0 Å². The Morgan fingerprint density at radius 2 is 1.32 bits per heavy atom. The van der Waals surface area contributed by atoms with Gasteiger partial charge in [0.15, 0.2) is 0 Å². The lowest BCUT2D eigenvalue weighted by Crippen LogP contribution is -2.37. The number of rotatable bonds is 12. The average molecular weight is 267 g/mol. The fourth-order valence-electron chi connectivity index (χ4n) is 4.30. The molecule has 0 saturated heterocycles. The Morgan fingerprint density at radius 3 is 1.89 bits per heavy atom. The minimum absolute atomic E-state index is 0.790. The van der Waals surface area contributed by atoms with Gasteiger partial charge in [-0.3, -0.25) is 0 Å². The third kappa shape index (κ3) is 6.32. The van der Waals surface area contributed by atoms with Crippen LogP contribution in [0.5, 0.6) is 0 Å². The molecule has 0 spiro atoms. The first kappa shape index (κ1) is 17.1. The van der Waals surface area contributed by atoms with Crippen LogP contribution in [0.3, 0.4) is 0 Å². The normalized spacial score (nSPS) is 26.4. The SMILES string of the molecule is CCCCCCCCCC1(CCC)CC(CCC)C1. The summed E-state index contributed by atoms with van der Waals surface area (Å²) in [6.45, 7) is 7.02. The Morgan fingerprint density at radius 1 is 0.684 bits per heavy atom. The van der Waals surface area contributed by atoms with Gasteiger partial charge < -0.3 is 0 Å². The molecule has 0 aromatic rings. The molecule has 0 aromatic heterocycles. The number of hydrogen-bond donors (Lipinski definition) is 0. The highest BCUT2D eigenvalue weighted by Gasteiger charge is 2.41. The second kappa shape index (κ2) is 9.83. The summed E-state index contributed by atoms with van der Waals surface area (Å²) in [5, 5.41) is 0. The van der Waals surface area contributed by atoms with Crippen molar-refractivity contribution in [3.63, 3.8) is 0 Å². The zero-order valence-corrected chi connectivity index (χ0v) is 14.0. The molecule has 0 unspecified atom stereocenters. The molecule has 0 aliphatic heterocycles. The van der Waals surface area contributed by atoms with Crippen molar-refractivity contribution in [2.75, 3.05) is 0 Å². The largest absolute Gasteiger partial charge is 0.0654 e. The molecule has 0 heterocycles. The Bertz CT molecular complexity index is 200. The summed E-state index contributed by atoms with van der Waals surface area (Å²) in [6, 6.07) is 0. The van der Waals surface area contributed by atoms with Crippen LogP contribution in [0, 0.1) is 11.3 Å². The lowest BCUT2D eigenvalue weighted by molar-refractivity contribution is 0.0266. The molecule has 0 N–H and O–H groups in total. The van der Waals surface area contributed by atoms with Gasteiger partial charge in [-0.1, -0.05) is 85.0 Å². The zero-order valence-electron chi connectivity index (χ0n) is 14.0. The highest BCUT2D eigenvalue weighted by molar-refractivity contribution is 4.92. The van der Waals surface area contributed by atoms with E-state index in [0.29, 0.717) is 0 Å². The molecule has 1 rings (SSSR count). The van der Waals surface area contributed by atoms with Crippen LogP contribution < -0.4 is 0 Å². The van der Waals surface area contributed by atoms with Crippen molar-refractivity contribution >= 4 is 0 Å². The molecule has 0 atom stereocenters. The van der Waals surface area contributed by atoms with Gasteiger partial charge in [0, 0.05) is 0 Å². The van der Waals surface area contributed by atoms with Crippen LogP contribution in [-0.4, -0.2) is 0 Å². The first-order chi connectivity index (χ1) is 9.26. The lowest BCUT2D eigenvalue weighted by atomic mass is 9.57. The summed E-state index contributed by atoms with van der Waals surface area (Å²) in [4.78, 5) is 0. The van der Waals surface area contributed by atoms with Gasteiger partial charge in [0.25, 0.3) is 0 Å². The van der Waals surface area contributed by atoms with E-state index in [0.717, 1.165) is 11.3 Å². The maximum absolute atomic E-state index is 2.37. The highest BCUT2D eigenvalue weighted by atomic mass is 14.5. The van der Waals surface area contributed by atoms with Gasteiger partial charge in [0.05, 0.1) is 0 Å². The summed E-state index contributed by atoms with van der Waals surface area (Å²) in [7, 11) is 0. The minimum Gasteiger partial charge on any atom is -0.0654 e. The molecule has 1 fully saturated rings. The second-order valence-electron chi connectivity index (χ2n) is 7.18. The predicted octanol–water partition coefficient (Wildman–Crippen LogP) is 7.12. The molecule has 1 saturated carbocycles. The van der Waals surface area contributed by atoms with E-state index >= 15 is 0 Å². The van der Waals surface area contributed by atoms with Crippen LogP contribution >= 0.6 is 0 Å². The van der Waals surface area contributed by atoms with Crippen LogP contribution in [-0.2, 0) is 0 Å². The lowest BCUT2D eigenvalue weighted by Gasteiger charge is -2.49. The van der Waals surface area contributed by atoms with Crippen molar-refractivity contribution in [3.05, 3.63) is 0 Å². The molecular weight excluding hydrogens is 228 g/mol. The van der Waals surface area contributed by atoms with Crippen molar-refractivity contribution in [2.24, 2.45) is 11.3 Å². The summed E-state index contributed by atoms with van der Waals surface area (Å²) in [6.07, 6.45) is 20.7. The van der Waals surface area contributed by atoms with Crippen molar-refractivity contribution in [1.29, 1.82) is 0 Å². The van der Waals surface area contributed by atoms with Crippen LogP contribution in [0.2, 0.25) is 0 Å². The number of unbranched alkanes of at least 4 members (excludes halogenated alkanes) is 6. The van der Waals surface area contributed by atoms with E-state index in [1.807, 2.05) is 0 Å². The fourth-order valence-corrected chi connectivity index (χ4v) is 4.30. The fraction of sp³-hybridized carbons (Fsp3) is 1.00. The molecule has 0 heteroatoms. The predicted molar refractivity (Wildman–Crippen MR) is 87.6 cm³/mol. The summed E-state index contributed by atoms with van der Waals surface area (Å²) >= 11 is 0. The van der Waals surface area contributed by atoms with E-state index in [2.05, 4.69) is 20.8 Å². The molecule has 1 aliphatic carbocycles. The van der Waals surface area contributed by atoms with Crippen LogP contribution in [0.4, 0.5) is 0 Å². The van der Waals surface area contributed by atoms with Gasteiger partial charge in [-0.15, -0.1) is 0 Å². The smallest absolute Gasteiger partial charge is 0.0292 e. The van der Waals surface area contributed by atoms with Gasteiger partial charge in [-0.2, -0.15) is 0 Å². The Kier molecular flexibility index (Phi) is 8.83. The van der Waals surface area contributed by atoms with E-state index in [4.69, 9.17) is 0 Å². The Labute approximate surface area is 122 Å². The molecule has 0 nitrogen and oxygen atoms in total. The molecule has 0 aromatic carbocycles. The van der Waals surface area contributed by atoms with Crippen LogP contribution in [0.15, 0.2) is 0 Å².